The van der Waals surface area contributed by atoms with Gasteiger partial charge in [0.05, 0.1) is 25.1 Å². The van der Waals surface area contributed by atoms with Crippen molar-refractivity contribution < 1.29 is 23.5 Å². The van der Waals surface area contributed by atoms with Gasteiger partial charge in [0.2, 0.25) is 0 Å². The number of carbonyl (C=O) groups excluding carboxylic acids is 3. The number of halogens is 1. The zero-order valence-corrected chi connectivity index (χ0v) is 11.9. The number of ketones is 2. The third-order valence-corrected chi connectivity index (χ3v) is 3.63. The summed E-state index contributed by atoms with van der Waals surface area (Å²) in [5, 5.41) is 0. The van der Waals surface area contributed by atoms with Crippen LogP contribution >= 0.6 is 0 Å². The van der Waals surface area contributed by atoms with Gasteiger partial charge in [-0.1, -0.05) is 0 Å². The number of likely N-dealkylation sites (N-methyl/N-ethyl adjacent to an activating group) is 1. The van der Waals surface area contributed by atoms with Gasteiger partial charge in [0, 0.05) is 13.5 Å². The van der Waals surface area contributed by atoms with E-state index >= 15 is 0 Å². The molecular weight excluding hydrogens is 277 g/mol. The lowest BCUT2D eigenvalue weighted by molar-refractivity contribution is -0.132. The second-order valence-electron chi connectivity index (χ2n) is 5.00. The van der Waals surface area contributed by atoms with Gasteiger partial charge in [0.15, 0.2) is 5.78 Å². The molecular formula is C15H16FNO4. The van der Waals surface area contributed by atoms with E-state index in [-0.39, 0.29) is 36.4 Å². The molecule has 0 aromatic heterocycles. The summed E-state index contributed by atoms with van der Waals surface area (Å²) in [6.45, 7) is 0. The van der Waals surface area contributed by atoms with Crippen LogP contribution in [0.25, 0.3) is 0 Å². The van der Waals surface area contributed by atoms with Crippen LogP contribution in [0.3, 0.4) is 0 Å². The van der Waals surface area contributed by atoms with Gasteiger partial charge < -0.3 is 9.64 Å². The second kappa shape index (κ2) is 6.03. The van der Waals surface area contributed by atoms with E-state index in [2.05, 4.69) is 0 Å². The SMILES string of the molecule is COc1ccc(F)c(C(=O)N(C)C2CCC(=O)CC2=O)c1. The highest BCUT2D eigenvalue weighted by Gasteiger charge is 2.33. The number of rotatable bonds is 3. The minimum absolute atomic E-state index is 0.121. The van der Waals surface area contributed by atoms with E-state index in [0.717, 1.165) is 6.07 Å². The highest BCUT2D eigenvalue weighted by atomic mass is 19.1. The van der Waals surface area contributed by atoms with Crippen LogP contribution in [0.5, 0.6) is 5.75 Å². The van der Waals surface area contributed by atoms with Crippen LogP contribution in [0.2, 0.25) is 0 Å². The lowest BCUT2D eigenvalue weighted by Crippen LogP contribution is -2.45. The van der Waals surface area contributed by atoms with E-state index in [1.165, 1.54) is 31.2 Å². The van der Waals surface area contributed by atoms with Crippen LogP contribution in [0.1, 0.15) is 29.6 Å². The summed E-state index contributed by atoms with van der Waals surface area (Å²) in [7, 11) is 2.86. The molecule has 0 spiro atoms. The summed E-state index contributed by atoms with van der Waals surface area (Å²) in [5.41, 5.74) is -0.151. The Bertz CT molecular complexity index is 599. The average molecular weight is 293 g/mol. The maximum atomic E-state index is 13.8. The smallest absolute Gasteiger partial charge is 0.257 e. The molecule has 0 bridgehead atoms. The Morgan fingerprint density at radius 2 is 2.10 bits per heavy atom. The quantitative estimate of drug-likeness (QED) is 0.794. The molecule has 1 amide bonds. The Hall–Kier alpha value is -2.24. The standard InChI is InChI=1S/C15H16FNO4/c1-17(13-6-3-9(18)7-14(13)19)15(20)11-8-10(21-2)4-5-12(11)16/h4-5,8,13H,3,6-7H2,1-2H3. The molecule has 1 aromatic carbocycles. The Morgan fingerprint density at radius 3 is 2.71 bits per heavy atom. The molecule has 21 heavy (non-hydrogen) atoms. The first-order valence-electron chi connectivity index (χ1n) is 6.59. The maximum Gasteiger partial charge on any atom is 0.257 e. The van der Waals surface area contributed by atoms with Gasteiger partial charge in [-0.15, -0.1) is 0 Å². The van der Waals surface area contributed by atoms with Crippen molar-refractivity contribution in [1.82, 2.24) is 4.90 Å². The van der Waals surface area contributed by atoms with Crippen molar-refractivity contribution in [1.29, 1.82) is 0 Å². The monoisotopic (exact) mass is 293 g/mol. The van der Waals surface area contributed by atoms with Gasteiger partial charge >= 0.3 is 0 Å². The predicted molar refractivity (Wildman–Crippen MR) is 72.7 cm³/mol. The Kier molecular flexibility index (Phi) is 4.35. The molecule has 1 saturated carbocycles. The molecule has 112 valence electrons. The molecule has 0 saturated heterocycles. The largest absolute Gasteiger partial charge is 0.497 e. The van der Waals surface area contributed by atoms with E-state index in [4.69, 9.17) is 4.74 Å². The number of carbonyl (C=O) groups is 3. The van der Waals surface area contributed by atoms with Crippen molar-refractivity contribution in [2.45, 2.75) is 25.3 Å². The lowest BCUT2D eigenvalue weighted by atomic mass is 9.91. The van der Waals surface area contributed by atoms with Crippen molar-refractivity contribution in [3.63, 3.8) is 0 Å². The normalized spacial score (nSPS) is 18.5. The average Bonchev–Trinajstić information content (AvgIpc) is 2.46. The highest BCUT2D eigenvalue weighted by Crippen LogP contribution is 2.22. The number of hydrogen-bond acceptors (Lipinski definition) is 4. The molecule has 0 radical (unpaired) electrons. The summed E-state index contributed by atoms with van der Waals surface area (Å²) in [5.74, 6) is -1.33. The zero-order chi connectivity index (χ0) is 15.6. The summed E-state index contributed by atoms with van der Waals surface area (Å²) >= 11 is 0. The number of benzene rings is 1. The van der Waals surface area contributed by atoms with Crippen LogP contribution in [-0.4, -0.2) is 42.6 Å². The number of Topliss-reactive ketones (excluding diaryl/α,β-unsaturated/α-hetero) is 2. The van der Waals surface area contributed by atoms with Crippen molar-refractivity contribution in [3.8, 4) is 5.75 Å². The van der Waals surface area contributed by atoms with Crippen LogP contribution in [-0.2, 0) is 9.59 Å². The van der Waals surface area contributed by atoms with Gasteiger partial charge in [-0.05, 0) is 24.6 Å². The summed E-state index contributed by atoms with van der Waals surface area (Å²) in [6.07, 6.45) is 0.378. The van der Waals surface area contributed by atoms with Crippen LogP contribution < -0.4 is 4.74 Å². The first-order valence-corrected chi connectivity index (χ1v) is 6.59. The predicted octanol–water partition coefficient (Wildman–Crippen LogP) is 1.60. The van der Waals surface area contributed by atoms with Crippen LogP contribution in [0, 0.1) is 5.82 Å². The minimum atomic E-state index is -0.680. The minimum Gasteiger partial charge on any atom is -0.497 e. The second-order valence-corrected chi connectivity index (χ2v) is 5.00. The van der Waals surface area contributed by atoms with Gasteiger partial charge in [0.1, 0.15) is 17.3 Å². The number of hydrogen-bond donors (Lipinski definition) is 0. The Morgan fingerprint density at radius 1 is 1.38 bits per heavy atom. The number of nitrogens with zero attached hydrogens (tertiary/aromatic N) is 1. The third-order valence-electron chi connectivity index (χ3n) is 3.63. The van der Waals surface area contributed by atoms with Gasteiger partial charge in [-0.25, -0.2) is 4.39 Å². The highest BCUT2D eigenvalue weighted by molar-refractivity contribution is 6.06. The van der Waals surface area contributed by atoms with Crippen LogP contribution in [0.4, 0.5) is 4.39 Å². The molecule has 1 aromatic rings. The Balaban J connectivity index is 2.23. The summed E-state index contributed by atoms with van der Waals surface area (Å²) in [6, 6.07) is 3.18. The zero-order valence-electron chi connectivity index (χ0n) is 11.9. The maximum absolute atomic E-state index is 13.8. The molecule has 1 unspecified atom stereocenters. The summed E-state index contributed by atoms with van der Waals surface area (Å²) in [4.78, 5) is 36.6. The molecule has 0 N–H and O–H groups in total. The number of amides is 1. The van der Waals surface area contributed by atoms with E-state index in [1.807, 2.05) is 0 Å². The fourth-order valence-corrected chi connectivity index (χ4v) is 2.40. The van der Waals surface area contributed by atoms with Gasteiger partial charge in [0.25, 0.3) is 5.91 Å². The van der Waals surface area contributed by atoms with Crippen LogP contribution in [0.15, 0.2) is 18.2 Å². The van der Waals surface area contributed by atoms with Gasteiger partial charge in [-0.2, -0.15) is 0 Å². The fourth-order valence-electron chi connectivity index (χ4n) is 2.40. The van der Waals surface area contributed by atoms with E-state index in [1.54, 1.807) is 0 Å². The molecule has 1 fully saturated rings. The van der Waals surface area contributed by atoms with Crippen molar-refractivity contribution in [2.75, 3.05) is 14.2 Å². The topological polar surface area (TPSA) is 63.7 Å². The Labute approximate surface area is 121 Å². The molecule has 6 heteroatoms. The van der Waals surface area contributed by atoms with E-state index in [0.29, 0.717) is 5.75 Å². The number of ether oxygens (including phenoxy) is 1. The van der Waals surface area contributed by atoms with E-state index < -0.39 is 17.8 Å². The van der Waals surface area contributed by atoms with Crippen molar-refractivity contribution in [3.05, 3.63) is 29.6 Å². The molecule has 1 atom stereocenters. The summed E-state index contributed by atoms with van der Waals surface area (Å²) < 4.78 is 18.8. The van der Waals surface area contributed by atoms with E-state index in [9.17, 15) is 18.8 Å². The molecule has 2 rings (SSSR count). The lowest BCUT2D eigenvalue weighted by Gasteiger charge is -2.29. The third kappa shape index (κ3) is 3.09. The molecule has 1 aliphatic carbocycles. The first kappa shape index (κ1) is 15.2. The van der Waals surface area contributed by atoms with Crippen molar-refractivity contribution >= 4 is 17.5 Å². The fraction of sp³-hybridized carbons (Fsp3) is 0.400. The van der Waals surface area contributed by atoms with Gasteiger partial charge in [-0.3, -0.25) is 14.4 Å². The molecule has 0 aliphatic heterocycles. The molecule has 5 nitrogen and oxygen atoms in total. The number of methoxy groups -OCH3 is 1. The first-order chi connectivity index (χ1) is 9.93. The molecule has 1 aliphatic rings. The van der Waals surface area contributed by atoms with Crippen molar-refractivity contribution in [2.24, 2.45) is 0 Å². The molecule has 0 heterocycles.